The Labute approximate surface area is 222 Å². The van der Waals surface area contributed by atoms with E-state index in [-0.39, 0.29) is 0 Å². The molecule has 7 heteroatoms. The summed E-state index contributed by atoms with van der Waals surface area (Å²) in [5, 5.41) is 13.6. The van der Waals surface area contributed by atoms with Gasteiger partial charge in [-0.05, 0) is 87.4 Å². The molecule has 37 heavy (non-hydrogen) atoms. The van der Waals surface area contributed by atoms with Crippen molar-refractivity contribution in [3.8, 4) is 5.75 Å². The molecular weight excluding hydrogens is 464 g/mol. The van der Waals surface area contributed by atoms with Gasteiger partial charge in [0.25, 0.3) is 0 Å². The minimum absolute atomic E-state index is 0.330. The number of aryl methyl sites for hydroxylation is 2. The maximum atomic E-state index is 12.4. The van der Waals surface area contributed by atoms with Crippen molar-refractivity contribution >= 4 is 11.8 Å². The molecule has 2 N–H and O–H groups in total. The monoisotopic (exact) mass is 508 g/mol. The van der Waals surface area contributed by atoms with Crippen LogP contribution >= 0.6 is 0 Å². The molecule has 3 heterocycles. The number of benzene rings is 1. The molecule has 7 nitrogen and oxygen atoms in total. The summed E-state index contributed by atoms with van der Waals surface area (Å²) in [6, 6.07) is 10.1. The van der Waals surface area contributed by atoms with Gasteiger partial charge in [-0.1, -0.05) is 32.4 Å². The van der Waals surface area contributed by atoms with Crippen LogP contribution in [0.5, 0.6) is 5.75 Å². The Balaban J connectivity index is 1.27. The van der Waals surface area contributed by atoms with Gasteiger partial charge in [0.2, 0.25) is 0 Å². The summed E-state index contributed by atoms with van der Waals surface area (Å²) in [7, 11) is 3.80. The molecule has 2 aliphatic rings. The SMILES string of the molecule is COc1ccc(C(C)C)cc1C(C(=O)O)N1CC[C@@H](N(C)CCCCCc2ccc3c(n2)NCCC3)C1. The van der Waals surface area contributed by atoms with E-state index in [1.165, 1.54) is 24.1 Å². The first kappa shape index (κ1) is 27.4. The molecule has 1 fully saturated rings. The number of likely N-dealkylation sites (N-methyl/N-ethyl adjacent to an activating group) is 1. The molecule has 202 valence electrons. The van der Waals surface area contributed by atoms with Crippen LogP contribution in [0.3, 0.4) is 0 Å². The molecule has 2 atom stereocenters. The second kappa shape index (κ2) is 12.7. The fourth-order valence-corrected chi connectivity index (χ4v) is 5.71. The number of nitrogens with zero attached hydrogens (tertiary/aromatic N) is 3. The van der Waals surface area contributed by atoms with Gasteiger partial charge in [0.15, 0.2) is 0 Å². The topological polar surface area (TPSA) is 77.9 Å². The van der Waals surface area contributed by atoms with E-state index in [1.54, 1.807) is 7.11 Å². The van der Waals surface area contributed by atoms with E-state index in [0.717, 1.165) is 75.2 Å². The summed E-state index contributed by atoms with van der Waals surface area (Å²) in [4.78, 5) is 21.8. The smallest absolute Gasteiger partial charge is 0.325 e. The lowest BCUT2D eigenvalue weighted by Crippen LogP contribution is -2.38. The molecule has 2 aromatic rings. The maximum absolute atomic E-state index is 12.4. The lowest BCUT2D eigenvalue weighted by atomic mass is 9.96. The van der Waals surface area contributed by atoms with Crippen LogP contribution in [0.4, 0.5) is 5.82 Å². The predicted molar refractivity (Wildman–Crippen MR) is 149 cm³/mol. The van der Waals surface area contributed by atoms with E-state index in [4.69, 9.17) is 9.72 Å². The summed E-state index contributed by atoms with van der Waals surface area (Å²) in [5.41, 5.74) is 4.43. The number of fused-ring (bicyclic) bond motifs is 1. The highest BCUT2D eigenvalue weighted by Gasteiger charge is 2.36. The molecule has 0 aliphatic carbocycles. The molecule has 0 bridgehead atoms. The zero-order valence-electron chi connectivity index (χ0n) is 23.0. The van der Waals surface area contributed by atoms with Crippen LogP contribution in [0.1, 0.15) is 80.3 Å². The number of anilines is 1. The van der Waals surface area contributed by atoms with Crippen LogP contribution in [0, 0.1) is 0 Å². The lowest BCUT2D eigenvalue weighted by Gasteiger charge is -2.29. The number of pyridine rings is 1. The van der Waals surface area contributed by atoms with E-state index < -0.39 is 12.0 Å². The van der Waals surface area contributed by atoms with Gasteiger partial charge in [-0.2, -0.15) is 0 Å². The number of aromatic nitrogens is 1. The summed E-state index contributed by atoms with van der Waals surface area (Å²) in [6.07, 6.45) is 7.78. The Morgan fingerprint density at radius 1 is 1.24 bits per heavy atom. The Kier molecular flexibility index (Phi) is 9.43. The van der Waals surface area contributed by atoms with Crippen molar-refractivity contribution in [1.82, 2.24) is 14.8 Å². The molecule has 0 spiro atoms. The van der Waals surface area contributed by atoms with Gasteiger partial charge in [0, 0.05) is 36.9 Å². The van der Waals surface area contributed by atoms with Gasteiger partial charge in [-0.15, -0.1) is 0 Å². The van der Waals surface area contributed by atoms with Gasteiger partial charge in [0.1, 0.15) is 17.6 Å². The highest BCUT2D eigenvalue weighted by Crippen LogP contribution is 2.35. The summed E-state index contributed by atoms with van der Waals surface area (Å²) in [6.45, 7) is 7.85. The standard InChI is InChI=1S/C30H44N4O3/c1-21(2)23-12-14-27(37-4)26(19-23)28(30(35)36)34-18-15-25(20-34)33(3)17-7-5-6-10-24-13-11-22-9-8-16-31-29(22)32-24/h11-14,19,21,25,28H,5-10,15-18,20H2,1-4H3,(H,31,32)(H,35,36)/t25-,28?/m1/s1. The number of ether oxygens (including phenoxy) is 1. The molecule has 0 saturated carbocycles. The Bertz CT molecular complexity index is 1060. The number of rotatable bonds is 12. The molecule has 1 aromatic heterocycles. The van der Waals surface area contributed by atoms with Crippen molar-refractivity contribution in [2.45, 2.75) is 76.8 Å². The number of carboxylic acid groups (broad SMARTS) is 1. The number of likely N-dealkylation sites (tertiary alicyclic amines) is 1. The summed E-state index contributed by atoms with van der Waals surface area (Å²) < 4.78 is 5.57. The van der Waals surface area contributed by atoms with Crippen molar-refractivity contribution in [2.75, 3.05) is 45.7 Å². The minimum Gasteiger partial charge on any atom is -0.496 e. The van der Waals surface area contributed by atoms with Crippen molar-refractivity contribution in [3.63, 3.8) is 0 Å². The van der Waals surface area contributed by atoms with Crippen LogP contribution in [-0.2, 0) is 17.6 Å². The average molecular weight is 509 g/mol. The third-order valence-electron chi connectivity index (χ3n) is 8.03. The second-order valence-corrected chi connectivity index (χ2v) is 11.0. The minimum atomic E-state index is -0.812. The molecule has 4 rings (SSSR count). The second-order valence-electron chi connectivity index (χ2n) is 11.0. The van der Waals surface area contributed by atoms with Gasteiger partial charge in [-0.3, -0.25) is 9.69 Å². The summed E-state index contributed by atoms with van der Waals surface area (Å²) >= 11 is 0. The van der Waals surface area contributed by atoms with Crippen LogP contribution < -0.4 is 10.1 Å². The van der Waals surface area contributed by atoms with E-state index in [0.29, 0.717) is 17.7 Å². The molecule has 2 aliphatic heterocycles. The Hall–Kier alpha value is -2.64. The maximum Gasteiger partial charge on any atom is 0.325 e. The fraction of sp³-hybridized carbons (Fsp3) is 0.600. The lowest BCUT2D eigenvalue weighted by molar-refractivity contribution is -0.143. The normalized spacial score (nSPS) is 18.6. The number of unbranched alkanes of at least 4 members (excludes halogenated alkanes) is 2. The van der Waals surface area contributed by atoms with Gasteiger partial charge >= 0.3 is 5.97 Å². The third-order valence-corrected chi connectivity index (χ3v) is 8.03. The first-order valence-electron chi connectivity index (χ1n) is 13.9. The quantitative estimate of drug-likeness (QED) is 0.386. The largest absolute Gasteiger partial charge is 0.496 e. The van der Waals surface area contributed by atoms with E-state index >= 15 is 0 Å². The fourth-order valence-electron chi connectivity index (χ4n) is 5.71. The van der Waals surface area contributed by atoms with Crippen LogP contribution in [0.2, 0.25) is 0 Å². The number of carbonyl (C=O) groups is 1. The van der Waals surface area contributed by atoms with E-state index in [2.05, 4.69) is 48.1 Å². The zero-order chi connectivity index (χ0) is 26.4. The number of methoxy groups -OCH3 is 1. The Morgan fingerprint density at radius 3 is 2.84 bits per heavy atom. The predicted octanol–water partition coefficient (Wildman–Crippen LogP) is 5.12. The van der Waals surface area contributed by atoms with Crippen molar-refractivity contribution in [2.24, 2.45) is 0 Å². The first-order chi connectivity index (χ1) is 17.9. The van der Waals surface area contributed by atoms with Gasteiger partial charge in [0.05, 0.1) is 7.11 Å². The van der Waals surface area contributed by atoms with Crippen molar-refractivity contribution < 1.29 is 14.6 Å². The molecule has 0 amide bonds. The van der Waals surface area contributed by atoms with Crippen LogP contribution in [-0.4, -0.2) is 72.2 Å². The Morgan fingerprint density at radius 2 is 2.08 bits per heavy atom. The van der Waals surface area contributed by atoms with Gasteiger partial charge in [-0.25, -0.2) is 4.98 Å². The van der Waals surface area contributed by atoms with Crippen molar-refractivity contribution in [1.29, 1.82) is 0 Å². The van der Waals surface area contributed by atoms with Gasteiger partial charge < -0.3 is 20.1 Å². The number of nitrogens with one attached hydrogen (secondary N) is 1. The number of aliphatic carboxylic acids is 1. The first-order valence-corrected chi connectivity index (χ1v) is 13.9. The average Bonchev–Trinajstić information content (AvgIpc) is 3.38. The molecule has 1 saturated heterocycles. The van der Waals surface area contributed by atoms with E-state index in [9.17, 15) is 9.90 Å². The van der Waals surface area contributed by atoms with Crippen molar-refractivity contribution in [3.05, 3.63) is 52.7 Å². The molecule has 0 radical (unpaired) electrons. The number of hydrogen-bond acceptors (Lipinski definition) is 6. The molecule has 1 aromatic carbocycles. The third kappa shape index (κ3) is 6.82. The van der Waals surface area contributed by atoms with Crippen LogP contribution in [0.25, 0.3) is 0 Å². The zero-order valence-corrected chi connectivity index (χ0v) is 23.0. The highest BCUT2D eigenvalue weighted by atomic mass is 16.5. The number of hydrogen-bond donors (Lipinski definition) is 2. The highest BCUT2D eigenvalue weighted by molar-refractivity contribution is 5.77. The number of carboxylic acids is 1. The molecule has 1 unspecified atom stereocenters. The summed E-state index contributed by atoms with van der Waals surface area (Å²) in [5.74, 6) is 1.25. The molecular formula is C30H44N4O3. The van der Waals surface area contributed by atoms with Crippen LogP contribution in [0.15, 0.2) is 30.3 Å². The van der Waals surface area contributed by atoms with E-state index in [1.807, 2.05) is 18.2 Å².